The van der Waals surface area contributed by atoms with Gasteiger partial charge in [0.05, 0.1) is 7.11 Å². The zero-order valence-electron chi connectivity index (χ0n) is 8.30. The molecule has 0 fully saturated rings. The Morgan fingerprint density at radius 2 is 2.33 bits per heavy atom. The second kappa shape index (κ2) is 4.37. The number of allylic oxidation sites excluding steroid dienone is 1. The van der Waals surface area contributed by atoms with Crippen LogP contribution in [0.3, 0.4) is 0 Å². The fourth-order valence-electron chi connectivity index (χ4n) is 1.22. The fourth-order valence-corrected chi connectivity index (χ4v) is 1.22. The van der Waals surface area contributed by atoms with Crippen molar-refractivity contribution >= 4 is 11.7 Å². The largest absolute Gasteiger partial charge is 0.464 e. The molecule has 1 aliphatic rings. The van der Waals surface area contributed by atoms with E-state index in [4.69, 9.17) is 5.73 Å². The van der Waals surface area contributed by atoms with Crippen LogP contribution in [-0.4, -0.2) is 31.3 Å². The smallest absolute Gasteiger partial charge is 0.353 e. The van der Waals surface area contributed by atoms with Crippen molar-refractivity contribution in [1.82, 2.24) is 0 Å². The summed E-state index contributed by atoms with van der Waals surface area (Å²) in [5.74, 6) is -3.84. The van der Waals surface area contributed by atoms with Gasteiger partial charge in [-0.25, -0.2) is 4.79 Å². The number of esters is 1. The maximum atomic E-state index is 13.2. The van der Waals surface area contributed by atoms with E-state index in [1.165, 1.54) is 0 Å². The SMILES string of the molecule is COC(=O)C(N)=CC1=NCCCC1(F)F. The summed E-state index contributed by atoms with van der Waals surface area (Å²) in [7, 11) is 1.13. The third-order valence-corrected chi connectivity index (χ3v) is 2.02. The number of hydrogen-bond donors (Lipinski definition) is 1. The van der Waals surface area contributed by atoms with Gasteiger partial charge in [-0.1, -0.05) is 0 Å². The van der Waals surface area contributed by atoms with Gasteiger partial charge in [0.1, 0.15) is 11.4 Å². The molecule has 4 nitrogen and oxygen atoms in total. The number of alkyl halides is 2. The molecule has 2 N–H and O–H groups in total. The summed E-state index contributed by atoms with van der Waals surface area (Å²) in [6.07, 6.45) is 0.949. The molecule has 0 aromatic rings. The van der Waals surface area contributed by atoms with E-state index in [0.29, 0.717) is 13.0 Å². The van der Waals surface area contributed by atoms with Crippen LogP contribution in [0.4, 0.5) is 8.78 Å². The van der Waals surface area contributed by atoms with Crippen molar-refractivity contribution in [2.45, 2.75) is 18.8 Å². The molecule has 0 saturated heterocycles. The van der Waals surface area contributed by atoms with E-state index in [1.54, 1.807) is 0 Å². The average molecular weight is 218 g/mol. The van der Waals surface area contributed by atoms with Gasteiger partial charge in [-0.3, -0.25) is 4.99 Å². The summed E-state index contributed by atoms with van der Waals surface area (Å²) < 4.78 is 30.7. The number of nitrogens with two attached hydrogens (primary N) is 1. The summed E-state index contributed by atoms with van der Waals surface area (Å²) in [6, 6.07) is 0. The normalized spacial score (nSPS) is 20.7. The minimum atomic E-state index is -3.00. The van der Waals surface area contributed by atoms with Gasteiger partial charge in [-0.2, -0.15) is 8.78 Å². The molecule has 6 heteroatoms. The minimum Gasteiger partial charge on any atom is -0.464 e. The molecule has 0 aliphatic carbocycles. The summed E-state index contributed by atoms with van der Waals surface area (Å²) >= 11 is 0. The first-order valence-electron chi connectivity index (χ1n) is 4.45. The van der Waals surface area contributed by atoms with Gasteiger partial charge >= 0.3 is 5.97 Å². The lowest BCUT2D eigenvalue weighted by Gasteiger charge is -2.20. The standard InChI is InChI=1S/C9H12F2N2O2/c1-15-8(14)6(12)5-7-9(10,11)3-2-4-13-7/h5H,2-4,12H2,1H3. The number of nitrogens with zero attached hydrogens (tertiary/aromatic N) is 1. The zero-order chi connectivity index (χ0) is 11.5. The van der Waals surface area contributed by atoms with Gasteiger partial charge in [-0.05, 0) is 12.5 Å². The monoisotopic (exact) mass is 218 g/mol. The van der Waals surface area contributed by atoms with Gasteiger partial charge in [0.25, 0.3) is 5.92 Å². The molecule has 0 saturated carbocycles. The first-order valence-corrected chi connectivity index (χ1v) is 4.45. The molecule has 15 heavy (non-hydrogen) atoms. The highest BCUT2D eigenvalue weighted by Crippen LogP contribution is 2.27. The highest BCUT2D eigenvalue weighted by Gasteiger charge is 2.36. The van der Waals surface area contributed by atoms with Gasteiger partial charge in [0, 0.05) is 13.0 Å². The molecule has 0 atom stereocenters. The lowest BCUT2D eigenvalue weighted by molar-refractivity contribution is -0.136. The lowest BCUT2D eigenvalue weighted by Crippen LogP contribution is -2.32. The van der Waals surface area contributed by atoms with E-state index < -0.39 is 17.6 Å². The molecule has 1 heterocycles. The predicted molar refractivity (Wildman–Crippen MR) is 50.8 cm³/mol. The van der Waals surface area contributed by atoms with Crippen LogP contribution in [0.15, 0.2) is 16.8 Å². The molecule has 0 bridgehead atoms. The van der Waals surface area contributed by atoms with Crippen LogP contribution in [0.2, 0.25) is 0 Å². The molecule has 84 valence electrons. The van der Waals surface area contributed by atoms with Crippen molar-refractivity contribution < 1.29 is 18.3 Å². The number of carbonyl (C=O) groups is 1. The second-order valence-electron chi connectivity index (χ2n) is 3.17. The molecular weight excluding hydrogens is 206 g/mol. The Morgan fingerprint density at radius 1 is 1.67 bits per heavy atom. The highest BCUT2D eigenvalue weighted by atomic mass is 19.3. The molecule has 0 spiro atoms. The summed E-state index contributed by atoms with van der Waals surface area (Å²) in [5, 5.41) is 0. The molecule has 1 aliphatic heterocycles. The summed E-state index contributed by atoms with van der Waals surface area (Å²) in [5.41, 5.74) is 4.44. The Hall–Kier alpha value is -1.46. The lowest BCUT2D eigenvalue weighted by atomic mass is 10.0. The number of aliphatic imine (C=N–C) groups is 1. The van der Waals surface area contributed by atoms with Crippen LogP contribution in [0, 0.1) is 0 Å². The Bertz CT molecular complexity index is 324. The molecular formula is C9H12F2N2O2. The minimum absolute atomic E-state index is 0.267. The number of ether oxygens (including phenoxy) is 1. The Balaban J connectivity index is 2.88. The van der Waals surface area contributed by atoms with E-state index in [9.17, 15) is 13.6 Å². The molecule has 1 rings (SSSR count). The first kappa shape index (κ1) is 11.6. The average Bonchev–Trinajstić information content (AvgIpc) is 2.19. The van der Waals surface area contributed by atoms with Crippen molar-refractivity contribution in [3.05, 3.63) is 11.8 Å². The van der Waals surface area contributed by atoms with Gasteiger partial charge in [0.15, 0.2) is 0 Å². The topological polar surface area (TPSA) is 64.7 Å². The zero-order valence-corrected chi connectivity index (χ0v) is 8.30. The third-order valence-electron chi connectivity index (χ3n) is 2.02. The molecule has 0 radical (unpaired) electrons. The predicted octanol–water partition coefficient (Wildman–Crippen LogP) is 0.872. The Morgan fingerprint density at radius 3 is 2.87 bits per heavy atom. The number of halogens is 2. The maximum absolute atomic E-state index is 13.2. The maximum Gasteiger partial charge on any atom is 0.353 e. The van der Waals surface area contributed by atoms with Crippen molar-refractivity contribution in [1.29, 1.82) is 0 Å². The molecule has 0 aromatic heterocycles. The van der Waals surface area contributed by atoms with Crippen LogP contribution in [0.25, 0.3) is 0 Å². The van der Waals surface area contributed by atoms with E-state index in [1.807, 2.05) is 0 Å². The van der Waals surface area contributed by atoms with Crippen LogP contribution >= 0.6 is 0 Å². The fraction of sp³-hybridized carbons (Fsp3) is 0.556. The quantitative estimate of drug-likeness (QED) is 0.552. The molecule has 0 amide bonds. The van der Waals surface area contributed by atoms with E-state index >= 15 is 0 Å². The van der Waals surface area contributed by atoms with Gasteiger partial charge in [0.2, 0.25) is 0 Å². The van der Waals surface area contributed by atoms with Crippen LogP contribution in [-0.2, 0) is 9.53 Å². The van der Waals surface area contributed by atoms with Crippen molar-refractivity contribution in [3.8, 4) is 0 Å². The van der Waals surface area contributed by atoms with Gasteiger partial charge in [-0.15, -0.1) is 0 Å². The van der Waals surface area contributed by atoms with Crippen LogP contribution < -0.4 is 5.73 Å². The Kier molecular flexibility index (Phi) is 3.39. The van der Waals surface area contributed by atoms with Crippen LogP contribution in [0.5, 0.6) is 0 Å². The Labute approximate surface area is 85.8 Å². The van der Waals surface area contributed by atoms with E-state index in [-0.39, 0.29) is 12.1 Å². The second-order valence-corrected chi connectivity index (χ2v) is 3.17. The number of carbonyl (C=O) groups excluding carboxylic acids is 1. The highest BCUT2D eigenvalue weighted by molar-refractivity contribution is 6.05. The van der Waals surface area contributed by atoms with E-state index in [0.717, 1.165) is 13.2 Å². The first-order chi connectivity index (χ1) is 6.97. The van der Waals surface area contributed by atoms with Crippen LogP contribution in [0.1, 0.15) is 12.8 Å². The van der Waals surface area contributed by atoms with Crippen molar-refractivity contribution in [3.63, 3.8) is 0 Å². The third kappa shape index (κ3) is 2.74. The molecule has 0 aromatic carbocycles. The summed E-state index contributed by atoms with van der Waals surface area (Å²) in [4.78, 5) is 14.5. The number of rotatable bonds is 2. The number of hydrogen-bond acceptors (Lipinski definition) is 4. The van der Waals surface area contributed by atoms with Crippen molar-refractivity contribution in [2.75, 3.05) is 13.7 Å². The summed E-state index contributed by atoms with van der Waals surface area (Å²) in [6.45, 7) is 0.329. The van der Waals surface area contributed by atoms with Gasteiger partial charge < -0.3 is 10.5 Å². The van der Waals surface area contributed by atoms with E-state index in [2.05, 4.69) is 9.73 Å². The molecule has 0 unspecified atom stereocenters. The van der Waals surface area contributed by atoms with Crippen molar-refractivity contribution in [2.24, 2.45) is 10.7 Å². The number of methoxy groups -OCH3 is 1.